The van der Waals surface area contributed by atoms with Crippen LogP contribution in [0.2, 0.25) is 0 Å². The number of hydrogen-bond acceptors (Lipinski definition) is 2. The van der Waals surface area contributed by atoms with Gasteiger partial charge in [-0.05, 0) is 44.6 Å². The largest absolute Gasteiger partial charge is 0.478 e. The van der Waals surface area contributed by atoms with Gasteiger partial charge in [-0.2, -0.15) is 0 Å². The molecule has 1 heterocycles. The fourth-order valence-corrected chi connectivity index (χ4v) is 1.41. The summed E-state index contributed by atoms with van der Waals surface area (Å²) < 4.78 is 1.17. The predicted molar refractivity (Wildman–Crippen MR) is 51.6 cm³/mol. The van der Waals surface area contributed by atoms with Gasteiger partial charge in [0.1, 0.15) is 3.70 Å². The van der Waals surface area contributed by atoms with Gasteiger partial charge < -0.3 is 5.11 Å². The third kappa shape index (κ3) is 2.13. The molecule has 0 aromatic carbocycles. The average molecular weight is 328 g/mol. The topological polar surface area (TPSA) is 50.2 Å². The second-order valence-corrected chi connectivity index (χ2v) is 3.75. The van der Waals surface area contributed by atoms with Crippen LogP contribution in [0.1, 0.15) is 10.4 Å². The lowest BCUT2D eigenvalue weighted by Crippen LogP contribution is -1.98. The van der Waals surface area contributed by atoms with Crippen molar-refractivity contribution in [1.29, 1.82) is 0 Å². The molecule has 3 nitrogen and oxygen atoms in total. The minimum absolute atomic E-state index is 0.240. The summed E-state index contributed by atoms with van der Waals surface area (Å²) in [6.45, 7) is 0. The molecule has 0 unspecified atom stereocenters. The lowest BCUT2D eigenvalue weighted by Gasteiger charge is -1.97. The van der Waals surface area contributed by atoms with Gasteiger partial charge in [0.2, 0.25) is 0 Å². The summed E-state index contributed by atoms with van der Waals surface area (Å²) in [4.78, 5) is 14.4. The van der Waals surface area contributed by atoms with Gasteiger partial charge in [-0.15, -0.1) is 0 Å². The Kier molecular flexibility index (Phi) is 2.83. The van der Waals surface area contributed by atoms with E-state index in [4.69, 9.17) is 5.11 Å². The number of aromatic nitrogens is 1. The van der Waals surface area contributed by atoms with Crippen molar-refractivity contribution in [1.82, 2.24) is 4.98 Å². The van der Waals surface area contributed by atoms with Crippen LogP contribution in [0.5, 0.6) is 0 Å². The molecule has 1 aromatic heterocycles. The van der Waals surface area contributed by atoms with E-state index in [-0.39, 0.29) is 5.56 Å². The minimum Gasteiger partial charge on any atom is -0.478 e. The molecule has 0 aliphatic carbocycles. The monoisotopic (exact) mass is 327 g/mol. The molecule has 0 aliphatic rings. The molecule has 0 fully saturated rings. The quantitative estimate of drug-likeness (QED) is 0.635. The standard InChI is InChI=1S/C6H3BrINO2/c7-4-2-9-5(8)1-3(4)6(10)11/h1-2H,(H,10,11). The molecule has 0 atom stereocenters. The third-order valence-corrected chi connectivity index (χ3v) is 2.27. The molecule has 0 saturated heterocycles. The van der Waals surface area contributed by atoms with E-state index in [1.54, 1.807) is 0 Å². The first-order valence-electron chi connectivity index (χ1n) is 2.65. The molecule has 1 aromatic rings. The van der Waals surface area contributed by atoms with Crippen LogP contribution in [-0.2, 0) is 0 Å². The zero-order valence-corrected chi connectivity index (χ0v) is 8.96. The molecule has 58 valence electrons. The molecule has 0 aliphatic heterocycles. The van der Waals surface area contributed by atoms with Crippen LogP contribution in [0.3, 0.4) is 0 Å². The average Bonchev–Trinajstić information content (AvgIpc) is 1.94. The zero-order valence-electron chi connectivity index (χ0n) is 5.21. The van der Waals surface area contributed by atoms with E-state index < -0.39 is 5.97 Å². The van der Waals surface area contributed by atoms with Crippen molar-refractivity contribution >= 4 is 44.5 Å². The molecule has 0 radical (unpaired) electrons. The van der Waals surface area contributed by atoms with Gasteiger partial charge in [-0.25, -0.2) is 9.78 Å². The summed E-state index contributed by atoms with van der Waals surface area (Å²) in [5.74, 6) is -0.947. The Balaban J connectivity index is 3.23. The van der Waals surface area contributed by atoms with Gasteiger partial charge >= 0.3 is 5.97 Å². The van der Waals surface area contributed by atoms with Crippen LogP contribution < -0.4 is 0 Å². The van der Waals surface area contributed by atoms with Crippen molar-refractivity contribution in [2.75, 3.05) is 0 Å². The first-order chi connectivity index (χ1) is 5.11. The normalized spacial score (nSPS) is 9.64. The van der Waals surface area contributed by atoms with E-state index >= 15 is 0 Å². The Morgan fingerprint density at radius 2 is 2.36 bits per heavy atom. The molecule has 0 bridgehead atoms. The maximum atomic E-state index is 10.5. The highest BCUT2D eigenvalue weighted by atomic mass is 127. The molecule has 0 amide bonds. The highest BCUT2D eigenvalue weighted by molar-refractivity contribution is 14.1. The van der Waals surface area contributed by atoms with E-state index in [1.807, 2.05) is 22.6 Å². The molecule has 1 rings (SSSR count). The number of carbonyl (C=O) groups is 1. The Morgan fingerprint density at radius 3 is 2.82 bits per heavy atom. The van der Waals surface area contributed by atoms with E-state index in [2.05, 4.69) is 20.9 Å². The zero-order chi connectivity index (χ0) is 8.43. The maximum Gasteiger partial charge on any atom is 0.336 e. The van der Waals surface area contributed by atoms with Crippen LogP contribution in [-0.4, -0.2) is 16.1 Å². The lowest BCUT2D eigenvalue weighted by molar-refractivity contribution is 0.0695. The highest BCUT2D eigenvalue weighted by Crippen LogP contribution is 2.16. The first-order valence-corrected chi connectivity index (χ1v) is 4.53. The summed E-state index contributed by atoms with van der Waals surface area (Å²) in [6, 6.07) is 1.51. The Hall–Kier alpha value is -0.170. The van der Waals surface area contributed by atoms with Crippen LogP contribution in [0.25, 0.3) is 0 Å². The number of carboxylic acid groups (broad SMARTS) is 1. The van der Waals surface area contributed by atoms with Gasteiger partial charge in [-0.3, -0.25) is 0 Å². The van der Waals surface area contributed by atoms with Gasteiger partial charge in [0, 0.05) is 6.20 Å². The number of aromatic carboxylic acids is 1. The van der Waals surface area contributed by atoms with Crippen LogP contribution in [0, 0.1) is 3.70 Å². The smallest absolute Gasteiger partial charge is 0.336 e. The van der Waals surface area contributed by atoms with E-state index in [0.717, 1.165) is 0 Å². The maximum absolute atomic E-state index is 10.5. The molecule has 0 saturated carbocycles. The lowest BCUT2D eigenvalue weighted by atomic mass is 10.3. The summed E-state index contributed by atoms with van der Waals surface area (Å²) in [5.41, 5.74) is 0.240. The number of rotatable bonds is 1. The highest BCUT2D eigenvalue weighted by Gasteiger charge is 2.08. The van der Waals surface area contributed by atoms with Crippen molar-refractivity contribution in [3.8, 4) is 0 Å². The van der Waals surface area contributed by atoms with Crippen molar-refractivity contribution in [3.63, 3.8) is 0 Å². The minimum atomic E-state index is -0.947. The van der Waals surface area contributed by atoms with Crippen molar-refractivity contribution in [3.05, 3.63) is 26.0 Å². The summed E-state index contributed by atoms with van der Waals surface area (Å²) in [5, 5.41) is 8.63. The van der Waals surface area contributed by atoms with Gasteiger partial charge in [0.25, 0.3) is 0 Å². The molecule has 0 spiro atoms. The van der Waals surface area contributed by atoms with E-state index in [1.165, 1.54) is 12.3 Å². The summed E-state index contributed by atoms with van der Waals surface area (Å²) in [7, 11) is 0. The van der Waals surface area contributed by atoms with Crippen molar-refractivity contribution in [2.24, 2.45) is 0 Å². The second kappa shape index (κ2) is 3.48. The second-order valence-electron chi connectivity index (χ2n) is 1.79. The fourth-order valence-electron chi connectivity index (χ4n) is 0.577. The van der Waals surface area contributed by atoms with Gasteiger partial charge in [0.05, 0.1) is 10.0 Å². The molecule has 11 heavy (non-hydrogen) atoms. The SMILES string of the molecule is O=C(O)c1cc(I)ncc1Br. The number of nitrogens with zero attached hydrogens (tertiary/aromatic N) is 1. The molecular weight excluding hydrogens is 325 g/mol. The van der Waals surface area contributed by atoms with E-state index in [0.29, 0.717) is 8.17 Å². The first kappa shape index (κ1) is 8.92. The summed E-state index contributed by atoms with van der Waals surface area (Å²) in [6.07, 6.45) is 1.48. The van der Waals surface area contributed by atoms with Crippen LogP contribution >= 0.6 is 38.5 Å². The molecule has 5 heteroatoms. The molecule has 1 N–H and O–H groups in total. The van der Waals surface area contributed by atoms with Crippen LogP contribution in [0.4, 0.5) is 0 Å². The number of pyridine rings is 1. The van der Waals surface area contributed by atoms with E-state index in [9.17, 15) is 4.79 Å². The van der Waals surface area contributed by atoms with Crippen LogP contribution in [0.15, 0.2) is 16.7 Å². The van der Waals surface area contributed by atoms with Gasteiger partial charge in [0.15, 0.2) is 0 Å². The van der Waals surface area contributed by atoms with Crippen molar-refractivity contribution in [2.45, 2.75) is 0 Å². The predicted octanol–water partition coefficient (Wildman–Crippen LogP) is 2.15. The van der Waals surface area contributed by atoms with Crippen molar-refractivity contribution < 1.29 is 9.90 Å². The Labute approximate surface area is 85.1 Å². The summed E-state index contributed by atoms with van der Waals surface area (Å²) >= 11 is 5.04. The third-order valence-electron chi connectivity index (χ3n) is 1.05. The number of halogens is 2. The number of carboxylic acids is 1. The fraction of sp³-hybridized carbons (Fsp3) is 0. The Morgan fingerprint density at radius 1 is 1.73 bits per heavy atom. The molecular formula is C6H3BrINO2. The Bertz CT molecular complexity index is 303. The van der Waals surface area contributed by atoms with Gasteiger partial charge in [-0.1, -0.05) is 0 Å². The number of hydrogen-bond donors (Lipinski definition) is 1.